The van der Waals surface area contributed by atoms with Crippen molar-refractivity contribution in [3.8, 4) is 10.6 Å². The first-order valence-electron chi connectivity index (χ1n) is 7.48. The van der Waals surface area contributed by atoms with Gasteiger partial charge in [0.05, 0.1) is 16.3 Å². The van der Waals surface area contributed by atoms with Gasteiger partial charge in [0, 0.05) is 17.3 Å². The van der Waals surface area contributed by atoms with Gasteiger partial charge in [-0.25, -0.2) is 9.78 Å². The summed E-state index contributed by atoms with van der Waals surface area (Å²) >= 11 is 1.27. The molecule has 0 saturated carbocycles. The van der Waals surface area contributed by atoms with E-state index < -0.39 is 6.09 Å². The number of para-hydroxylation sites is 2. The molecule has 0 saturated heterocycles. The molecule has 1 aromatic heterocycles. The van der Waals surface area contributed by atoms with Crippen molar-refractivity contribution in [3.63, 3.8) is 0 Å². The number of anilines is 2. The maximum absolute atomic E-state index is 12.4. The Morgan fingerprint density at radius 2 is 1.65 bits per heavy atom. The number of thiazole rings is 1. The van der Waals surface area contributed by atoms with Gasteiger partial charge in [-0.05, 0) is 24.3 Å². The van der Waals surface area contributed by atoms with Gasteiger partial charge in [0.2, 0.25) is 0 Å². The van der Waals surface area contributed by atoms with Crippen molar-refractivity contribution in [2.45, 2.75) is 0 Å². The SMILES string of the molecule is O=Cc1cnc(-c2ccc(C(=O)Nc3ccccc3NC(=O)O)cc2)s1. The summed E-state index contributed by atoms with van der Waals surface area (Å²) in [5.41, 5.74) is 1.85. The van der Waals surface area contributed by atoms with Crippen LogP contribution in [0.25, 0.3) is 10.6 Å². The van der Waals surface area contributed by atoms with Crippen LogP contribution in [0.3, 0.4) is 0 Å². The molecule has 0 aliphatic carbocycles. The number of nitrogens with zero attached hydrogens (tertiary/aromatic N) is 1. The van der Waals surface area contributed by atoms with E-state index in [9.17, 15) is 14.4 Å². The highest BCUT2D eigenvalue weighted by Gasteiger charge is 2.11. The predicted molar refractivity (Wildman–Crippen MR) is 99.0 cm³/mol. The highest BCUT2D eigenvalue weighted by Crippen LogP contribution is 2.25. The van der Waals surface area contributed by atoms with Gasteiger partial charge in [-0.15, -0.1) is 11.3 Å². The average Bonchev–Trinajstić information content (AvgIpc) is 3.12. The molecule has 0 unspecified atom stereocenters. The second-order valence-corrected chi connectivity index (χ2v) is 6.26. The summed E-state index contributed by atoms with van der Waals surface area (Å²) in [5, 5.41) is 14.5. The Balaban J connectivity index is 1.76. The summed E-state index contributed by atoms with van der Waals surface area (Å²) in [6, 6.07) is 13.3. The summed E-state index contributed by atoms with van der Waals surface area (Å²) in [6.45, 7) is 0. The minimum absolute atomic E-state index is 0.286. The highest BCUT2D eigenvalue weighted by atomic mass is 32.1. The number of aromatic nitrogens is 1. The number of carbonyl (C=O) groups excluding carboxylic acids is 2. The van der Waals surface area contributed by atoms with Crippen LogP contribution >= 0.6 is 11.3 Å². The molecule has 3 rings (SSSR count). The molecule has 1 heterocycles. The minimum atomic E-state index is -1.21. The Morgan fingerprint density at radius 3 is 2.23 bits per heavy atom. The zero-order valence-corrected chi connectivity index (χ0v) is 14.1. The Kier molecular flexibility index (Phi) is 5.04. The second kappa shape index (κ2) is 7.58. The van der Waals surface area contributed by atoms with E-state index in [2.05, 4.69) is 15.6 Å². The number of hydrogen-bond donors (Lipinski definition) is 3. The largest absolute Gasteiger partial charge is 0.465 e. The van der Waals surface area contributed by atoms with Crippen LogP contribution in [0.15, 0.2) is 54.7 Å². The summed E-state index contributed by atoms with van der Waals surface area (Å²) in [5.74, 6) is -0.371. The van der Waals surface area contributed by atoms with Crippen LogP contribution in [-0.4, -0.2) is 28.4 Å². The molecular formula is C18H13N3O4S. The lowest BCUT2D eigenvalue weighted by Crippen LogP contribution is -2.15. The predicted octanol–water partition coefficient (Wildman–Crippen LogP) is 3.96. The van der Waals surface area contributed by atoms with Gasteiger partial charge in [-0.2, -0.15) is 0 Å². The maximum atomic E-state index is 12.4. The summed E-state index contributed by atoms with van der Waals surface area (Å²) in [6.07, 6.45) is 1.03. The Hall–Kier alpha value is -3.52. The maximum Gasteiger partial charge on any atom is 0.409 e. The lowest BCUT2D eigenvalue weighted by Gasteiger charge is -2.10. The molecule has 26 heavy (non-hydrogen) atoms. The fourth-order valence-electron chi connectivity index (χ4n) is 2.25. The van der Waals surface area contributed by atoms with Gasteiger partial charge in [0.15, 0.2) is 6.29 Å². The van der Waals surface area contributed by atoms with Crippen LogP contribution in [0, 0.1) is 0 Å². The van der Waals surface area contributed by atoms with Crippen molar-refractivity contribution < 1.29 is 19.5 Å². The van der Waals surface area contributed by atoms with Crippen molar-refractivity contribution in [1.82, 2.24) is 4.98 Å². The van der Waals surface area contributed by atoms with Crippen molar-refractivity contribution in [3.05, 3.63) is 65.2 Å². The molecular weight excluding hydrogens is 354 g/mol. The van der Waals surface area contributed by atoms with E-state index in [4.69, 9.17) is 5.11 Å². The number of hydrogen-bond acceptors (Lipinski definition) is 5. The summed E-state index contributed by atoms with van der Waals surface area (Å²) < 4.78 is 0. The van der Waals surface area contributed by atoms with Gasteiger partial charge < -0.3 is 10.4 Å². The molecule has 0 radical (unpaired) electrons. The van der Waals surface area contributed by atoms with E-state index in [0.29, 0.717) is 21.1 Å². The molecule has 8 heteroatoms. The van der Waals surface area contributed by atoms with Crippen LogP contribution in [0.2, 0.25) is 0 Å². The molecule has 0 atom stereocenters. The van der Waals surface area contributed by atoms with Crippen molar-refractivity contribution >= 4 is 41.0 Å². The van der Waals surface area contributed by atoms with Gasteiger partial charge in [-0.3, -0.25) is 14.9 Å². The molecule has 0 bridgehead atoms. The topological polar surface area (TPSA) is 108 Å². The molecule has 0 aliphatic rings. The van der Waals surface area contributed by atoms with E-state index in [1.165, 1.54) is 17.5 Å². The first-order chi connectivity index (χ1) is 12.6. The van der Waals surface area contributed by atoms with Crippen molar-refractivity contribution in [1.29, 1.82) is 0 Å². The average molecular weight is 367 g/mol. The first-order valence-corrected chi connectivity index (χ1v) is 8.30. The van der Waals surface area contributed by atoms with Gasteiger partial charge in [0.25, 0.3) is 5.91 Å². The van der Waals surface area contributed by atoms with Gasteiger partial charge >= 0.3 is 6.09 Å². The van der Waals surface area contributed by atoms with Crippen LogP contribution in [0.1, 0.15) is 20.0 Å². The van der Waals surface area contributed by atoms with E-state index in [-0.39, 0.29) is 11.6 Å². The normalized spacial score (nSPS) is 10.2. The number of carboxylic acid groups (broad SMARTS) is 1. The molecule has 0 fully saturated rings. The monoisotopic (exact) mass is 367 g/mol. The van der Waals surface area contributed by atoms with E-state index in [1.807, 2.05) is 0 Å². The van der Waals surface area contributed by atoms with Gasteiger partial charge in [0.1, 0.15) is 5.01 Å². The molecule has 0 aliphatic heterocycles. The first kappa shape index (κ1) is 17.3. The van der Waals surface area contributed by atoms with Crippen molar-refractivity contribution in [2.24, 2.45) is 0 Å². The number of aldehydes is 1. The Labute approximate surface area is 152 Å². The second-order valence-electron chi connectivity index (χ2n) is 5.19. The van der Waals surface area contributed by atoms with Crippen LogP contribution < -0.4 is 10.6 Å². The molecule has 3 aromatic rings. The Bertz CT molecular complexity index is 967. The molecule has 0 spiro atoms. The summed E-state index contributed by atoms with van der Waals surface area (Å²) in [4.78, 5) is 38.7. The van der Waals surface area contributed by atoms with E-state index in [0.717, 1.165) is 11.8 Å². The van der Waals surface area contributed by atoms with Crippen LogP contribution in [0.4, 0.5) is 16.2 Å². The molecule has 2 amide bonds. The number of benzene rings is 2. The highest BCUT2D eigenvalue weighted by molar-refractivity contribution is 7.16. The third-order valence-corrected chi connectivity index (χ3v) is 4.42. The zero-order valence-electron chi connectivity index (χ0n) is 13.3. The van der Waals surface area contributed by atoms with E-state index in [1.54, 1.807) is 48.5 Å². The molecule has 7 nitrogen and oxygen atoms in total. The molecule has 3 N–H and O–H groups in total. The number of rotatable bonds is 5. The minimum Gasteiger partial charge on any atom is -0.465 e. The van der Waals surface area contributed by atoms with Gasteiger partial charge in [-0.1, -0.05) is 24.3 Å². The summed E-state index contributed by atoms with van der Waals surface area (Å²) in [7, 11) is 0. The third kappa shape index (κ3) is 3.93. The molecule has 130 valence electrons. The Morgan fingerprint density at radius 1 is 1.00 bits per heavy atom. The fraction of sp³-hybridized carbons (Fsp3) is 0. The van der Waals surface area contributed by atoms with E-state index >= 15 is 0 Å². The van der Waals surface area contributed by atoms with Crippen molar-refractivity contribution in [2.75, 3.05) is 10.6 Å². The lowest BCUT2D eigenvalue weighted by molar-refractivity contribution is 0.102. The molecule has 2 aromatic carbocycles. The number of carbonyl (C=O) groups is 3. The van der Waals surface area contributed by atoms with Crippen LogP contribution in [0.5, 0.6) is 0 Å². The quantitative estimate of drug-likeness (QED) is 0.591. The zero-order chi connectivity index (χ0) is 18.5. The fourth-order valence-corrected chi connectivity index (χ4v) is 2.99. The smallest absolute Gasteiger partial charge is 0.409 e. The number of nitrogens with one attached hydrogen (secondary N) is 2. The van der Waals surface area contributed by atoms with Crippen LogP contribution in [-0.2, 0) is 0 Å². The lowest BCUT2D eigenvalue weighted by atomic mass is 10.1. The standard InChI is InChI=1S/C18H13N3O4S/c22-10-13-9-19-17(26-13)12-7-5-11(6-8-12)16(23)20-14-3-1-2-4-15(14)21-18(24)25/h1-10,21H,(H,20,23)(H,24,25). The number of amides is 2. The third-order valence-electron chi connectivity index (χ3n) is 3.45.